The molecule has 4 heteroatoms. The van der Waals surface area contributed by atoms with Gasteiger partial charge in [0.05, 0.1) is 0 Å². The van der Waals surface area contributed by atoms with Crippen molar-refractivity contribution >= 4 is 9.73 Å². The molecule has 1 N–H and O–H groups in total. The lowest BCUT2D eigenvalue weighted by atomic mass is 10.1. The van der Waals surface area contributed by atoms with Crippen LogP contribution in [-0.2, 0) is 9.73 Å². The molecule has 0 bridgehead atoms. The average Bonchev–Trinajstić information content (AvgIpc) is 2.23. The van der Waals surface area contributed by atoms with E-state index in [9.17, 15) is 4.21 Å². The van der Waals surface area contributed by atoms with E-state index in [1.807, 2.05) is 0 Å². The van der Waals surface area contributed by atoms with Gasteiger partial charge in [-0.3, -0.25) is 4.78 Å². The molecule has 1 aliphatic heterocycles. The molecule has 0 radical (unpaired) electrons. The van der Waals surface area contributed by atoms with Crippen LogP contribution in [-0.4, -0.2) is 40.2 Å². The lowest BCUT2D eigenvalue weighted by molar-refractivity contribution is 0.276. The van der Waals surface area contributed by atoms with Gasteiger partial charge in [-0.05, 0) is 31.8 Å². The largest absolute Gasteiger partial charge is 0.302 e. The molecule has 1 fully saturated rings. The van der Waals surface area contributed by atoms with Crippen LogP contribution in [0.5, 0.6) is 0 Å². The highest BCUT2D eigenvalue weighted by Crippen LogP contribution is 2.08. The van der Waals surface area contributed by atoms with Crippen molar-refractivity contribution in [3.05, 3.63) is 0 Å². The minimum atomic E-state index is -2.23. The first-order valence-electron chi connectivity index (χ1n) is 5.46. The van der Waals surface area contributed by atoms with Gasteiger partial charge >= 0.3 is 0 Å². The first kappa shape index (κ1) is 12.0. The second-order valence-electron chi connectivity index (χ2n) is 4.60. The van der Waals surface area contributed by atoms with Crippen LogP contribution in [0, 0.1) is 10.7 Å². The summed E-state index contributed by atoms with van der Waals surface area (Å²) < 4.78 is 19.1. The summed E-state index contributed by atoms with van der Waals surface area (Å²) in [7, 11) is -2.23. The number of hydrogen-bond acceptors (Lipinski definition) is 3. The number of nitrogens with zero attached hydrogens (tertiary/aromatic N) is 1. The van der Waals surface area contributed by atoms with Crippen molar-refractivity contribution in [3.63, 3.8) is 0 Å². The predicted molar refractivity (Wildman–Crippen MR) is 61.1 cm³/mol. The van der Waals surface area contributed by atoms with E-state index in [2.05, 4.69) is 18.7 Å². The Morgan fingerprint density at radius 3 is 2.71 bits per heavy atom. The Kier molecular flexibility index (Phi) is 4.38. The van der Waals surface area contributed by atoms with E-state index in [0.29, 0.717) is 11.5 Å². The van der Waals surface area contributed by atoms with Gasteiger partial charge in [0, 0.05) is 27.8 Å². The summed E-state index contributed by atoms with van der Waals surface area (Å²) in [5.41, 5.74) is 0. The second-order valence-corrected chi connectivity index (χ2v) is 7.04. The van der Waals surface area contributed by atoms with Gasteiger partial charge in [0.1, 0.15) is 0 Å². The lowest BCUT2D eigenvalue weighted by Gasteiger charge is -2.20. The third-order valence-electron chi connectivity index (χ3n) is 2.71. The van der Waals surface area contributed by atoms with Crippen LogP contribution in [0.15, 0.2) is 0 Å². The average molecular weight is 218 g/mol. The van der Waals surface area contributed by atoms with Crippen molar-refractivity contribution in [1.29, 1.82) is 4.78 Å². The number of rotatable bonds is 3. The maximum Gasteiger partial charge on any atom is 0.0454 e. The smallest absolute Gasteiger partial charge is 0.0454 e. The minimum Gasteiger partial charge on any atom is -0.302 e. The Morgan fingerprint density at radius 2 is 2.07 bits per heavy atom. The highest BCUT2D eigenvalue weighted by atomic mass is 32.2. The van der Waals surface area contributed by atoms with E-state index in [-0.39, 0.29) is 0 Å². The summed E-state index contributed by atoms with van der Waals surface area (Å²) in [6.07, 6.45) is 2.14. The standard InChI is InChI=1S/C10H22N2OS/c1-10(2)4-6-12-5-3-8-14(11,13)9-7-12/h10-11H,3-9H2,1-2H3. The van der Waals surface area contributed by atoms with Crippen LogP contribution in [0.3, 0.4) is 0 Å². The Morgan fingerprint density at radius 1 is 1.36 bits per heavy atom. The molecule has 1 saturated heterocycles. The third kappa shape index (κ3) is 4.42. The van der Waals surface area contributed by atoms with Gasteiger partial charge < -0.3 is 4.90 Å². The molecule has 0 amide bonds. The molecule has 0 aromatic heterocycles. The fourth-order valence-corrected chi connectivity index (χ4v) is 3.03. The van der Waals surface area contributed by atoms with Crippen LogP contribution >= 0.6 is 0 Å². The first-order chi connectivity index (χ1) is 6.49. The Balaban J connectivity index is 2.35. The van der Waals surface area contributed by atoms with E-state index in [1.165, 1.54) is 6.42 Å². The summed E-state index contributed by atoms with van der Waals surface area (Å²) in [5.74, 6) is 1.91. The quantitative estimate of drug-likeness (QED) is 0.785. The van der Waals surface area contributed by atoms with Gasteiger partial charge in [-0.25, -0.2) is 4.21 Å². The van der Waals surface area contributed by atoms with Crippen molar-refractivity contribution in [2.45, 2.75) is 26.7 Å². The summed E-state index contributed by atoms with van der Waals surface area (Å²) in [4.78, 5) is 2.36. The van der Waals surface area contributed by atoms with Crippen molar-refractivity contribution in [3.8, 4) is 0 Å². The van der Waals surface area contributed by atoms with Gasteiger partial charge in [-0.15, -0.1) is 0 Å². The molecule has 84 valence electrons. The first-order valence-corrected chi connectivity index (χ1v) is 7.36. The van der Waals surface area contributed by atoms with Gasteiger partial charge in [0.2, 0.25) is 0 Å². The van der Waals surface area contributed by atoms with Crippen LogP contribution < -0.4 is 0 Å². The Bertz CT molecular complexity index is 259. The summed E-state index contributed by atoms with van der Waals surface area (Å²) in [5, 5.41) is 0. The topological polar surface area (TPSA) is 44.2 Å². The van der Waals surface area contributed by atoms with Crippen molar-refractivity contribution < 1.29 is 4.21 Å². The summed E-state index contributed by atoms with van der Waals surface area (Å²) in [6, 6.07) is 0. The molecule has 1 atom stereocenters. The minimum absolute atomic E-state index is 0.574. The second kappa shape index (κ2) is 5.12. The maximum atomic E-state index is 11.5. The molecule has 14 heavy (non-hydrogen) atoms. The zero-order valence-corrected chi connectivity index (χ0v) is 10.1. The highest BCUT2D eigenvalue weighted by Gasteiger charge is 2.16. The molecule has 0 saturated carbocycles. The fourth-order valence-electron chi connectivity index (χ4n) is 1.68. The van der Waals surface area contributed by atoms with E-state index in [0.717, 1.165) is 32.0 Å². The van der Waals surface area contributed by atoms with Crippen LogP contribution in [0.4, 0.5) is 0 Å². The molecule has 1 rings (SSSR count). The van der Waals surface area contributed by atoms with Gasteiger partial charge in [0.15, 0.2) is 0 Å². The zero-order chi connectivity index (χ0) is 10.6. The number of hydrogen-bond donors (Lipinski definition) is 1. The molecule has 0 aromatic rings. The highest BCUT2D eigenvalue weighted by molar-refractivity contribution is 7.92. The Hall–Kier alpha value is -0.0900. The molecule has 1 aliphatic rings. The SMILES string of the molecule is CC(C)CCN1CCCS(=N)(=O)CC1. The van der Waals surface area contributed by atoms with Crippen LogP contribution in [0.1, 0.15) is 26.7 Å². The monoisotopic (exact) mass is 218 g/mol. The molecule has 1 unspecified atom stereocenters. The normalized spacial score (nSPS) is 30.5. The van der Waals surface area contributed by atoms with E-state index >= 15 is 0 Å². The third-order valence-corrected chi connectivity index (χ3v) is 4.50. The predicted octanol–water partition coefficient (Wildman–Crippen LogP) is 1.78. The molecule has 0 aromatic carbocycles. The maximum absolute atomic E-state index is 11.5. The number of nitrogens with one attached hydrogen (secondary N) is 1. The van der Waals surface area contributed by atoms with Gasteiger partial charge in [0.25, 0.3) is 0 Å². The van der Waals surface area contributed by atoms with Crippen LogP contribution in [0.25, 0.3) is 0 Å². The molecular weight excluding hydrogens is 196 g/mol. The Labute approximate surface area is 87.8 Å². The van der Waals surface area contributed by atoms with Crippen molar-refractivity contribution in [2.24, 2.45) is 5.92 Å². The van der Waals surface area contributed by atoms with E-state index < -0.39 is 9.73 Å². The molecule has 0 spiro atoms. The molecule has 0 aliphatic carbocycles. The summed E-state index contributed by atoms with van der Waals surface area (Å²) in [6.45, 7) is 7.45. The zero-order valence-electron chi connectivity index (χ0n) is 9.29. The molecule has 3 nitrogen and oxygen atoms in total. The van der Waals surface area contributed by atoms with Crippen molar-refractivity contribution in [2.75, 3.05) is 31.1 Å². The molecule has 1 heterocycles. The van der Waals surface area contributed by atoms with Crippen LogP contribution in [0.2, 0.25) is 0 Å². The summed E-state index contributed by atoms with van der Waals surface area (Å²) >= 11 is 0. The van der Waals surface area contributed by atoms with E-state index in [4.69, 9.17) is 4.78 Å². The lowest BCUT2D eigenvalue weighted by Crippen LogP contribution is -2.28. The van der Waals surface area contributed by atoms with Crippen molar-refractivity contribution in [1.82, 2.24) is 4.90 Å². The fraction of sp³-hybridized carbons (Fsp3) is 1.00. The molecular formula is C10H22N2OS. The van der Waals surface area contributed by atoms with E-state index in [1.54, 1.807) is 0 Å². The van der Waals surface area contributed by atoms with Gasteiger partial charge in [-0.2, -0.15) is 0 Å². The van der Waals surface area contributed by atoms with Gasteiger partial charge in [-0.1, -0.05) is 13.8 Å².